The van der Waals surface area contributed by atoms with Gasteiger partial charge in [0.25, 0.3) is 5.91 Å². The molecular formula is C23H27N5O. The zero-order valence-electron chi connectivity index (χ0n) is 17.0. The van der Waals surface area contributed by atoms with E-state index in [-0.39, 0.29) is 11.9 Å². The molecule has 0 radical (unpaired) electrons. The number of hydrogen-bond acceptors (Lipinski definition) is 4. The van der Waals surface area contributed by atoms with Gasteiger partial charge in [0, 0.05) is 31.9 Å². The minimum Gasteiger partial charge on any atom is -0.349 e. The second kappa shape index (κ2) is 8.57. The average Bonchev–Trinajstić information content (AvgIpc) is 3.12. The highest BCUT2D eigenvalue weighted by atomic mass is 16.1. The summed E-state index contributed by atoms with van der Waals surface area (Å²) in [4.78, 5) is 19.6. The highest BCUT2D eigenvalue weighted by Gasteiger charge is 2.23. The molecule has 1 aliphatic heterocycles. The van der Waals surface area contributed by atoms with Crippen molar-refractivity contribution in [3.63, 3.8) is 0 Å². The summed E-state index contributed by atoms with van der Waals surface area (Å²) >= 11 is 0. The van der Waals surface area contributed by atoms with Gasteiger partial charge in [0.1, 0.15) is 0 Å². The van der Waals surface area contributed by atoms with E-state index < -0.39 is 0 Å². The summed E-state index contributed by atoms with van der Waals surface area (Å²) in [5.74, 6) is -0.0366. The molecule has 0 atom stereocenters. The maximum Gasteiger partial charge on any atom is 0.254 e. The van der Waals surface area contributed by atoms with Gasteiger partial charge in [0.2, 0.25) is 0 Å². The number of hydrogen-bond donors (Lipinski definition) is 1. The Kier molecular flexibility index (Phi) is 5.71. The standard InChI is InChI=1S/C23H27N5O/c1-17-7-3-4-9-22(17)28-18(2)21(15-25-28)23(29)26-19-10-13-27(14-11-19)16-20-8-5-6-12-24-20/h3-9,12,15,19H,10-11,13-14,16H2,1-2H3,(H,26,29). The molecule has 1 fully saturated rings. The molecule has 3 heterocycles. The number of carbonyl (C=O) groups is 1. The molecule has 0 spiro atoms. The van der Waals surface area contributed by atoms with E-state index in [1.165, 1.54) is 0 Å². The largest absolute Gasteiger partial charge is 0.349 e. The predicted molar refractivity (Wildman–Crippen MR) is 113 cm³/mol. The third kappa shape index (κ3) is 4.38. The van der Waals surface area contributed by atoms with Gasteiger partial charge in [-0.15, -0.1) is 0 Å². The number of carbonyl (C=O) groups excluding carboxylic acids is 1. The number of rotatable bonds is 5. The molecular weight excluding hydrogens is 362 g/mol. The molecule has 6 nitrogen and oxygen atoms in total. The van der Waals surface area contributed by atoms with Crippen molar-refractivity contribution in [1.82, 2.24) is 25.0 Å². The van der Waals surface area contributed by atoms with E-state index in [1.807, 2.05) is 48.1 Å². The number of pyridine rings is 1. The molecule has 1 N–H and O–H groups in total. The van der Waals surface area contributed by atoms with Crippen LogP contribution in [0.25, 0.3) is 5.69 Å². The second-order valence-corrected chi connectivity index (χ2v) is 7.69. The van der Waals surface area contributed by atoms with Gasteiger partial charge >= 0.3 is 0 Å². The predicted octanol–water partition coefficient (Wildman–Crippen LogP) is 3.28. The minimum absolute atomic E-state index is 0.0366. The number of amides is 1. The summed E-state index contributed by atoms with van der Waals surface area (Å²) < 4.78 is 1.85. The molecule has 0 aliphatic carbocycles. The first kappa shape index (κ1) is 19.3. The van der Waals surface area contributed by atoms with Crippen LogP contribution in [-0.2, 0) is 6.54 Å². The fourth-order valence-corrected chi connectivity index (χ4v) is 3.90. The number of nitrogens with zero attached hydrogens (tertiary/aromatic N) is 4. The average molecular weight is 390 g/mol. The van der Waals surface area contributed by atoms with Crippen LogP contribution in [0.1, 0.15) is 40.2 Å². The smallest absolute Gasteiger partial charge is 0.254 e. The maximum absolute atomic E-state index is 12.8. The highest BCUT2D eigenvalue weighted by molar-refractivity contribution is 5.95. The topological polar surface area (TPSA) is 63.1 Å². The lowest BCUT2D eigenvalue weighted by Gasteiger charge is -2.32. The summed E-state index contributed by atoms with van der Waals surface area (Å²) in [5.41, 5.74) is 4.74. The van der Waals surface area contributed by atoms with Gasteiger partial charge in [-0.2, -0.15) is 5.10 Å². The van der Waals surface area contributed by atoms with Crippen LogP contribution in [0.4, 0.5) is 0 Å². The Balaban J connectivity index is 1.35. The summed E-state index contributed by atoms with van der Waals surface area (Å²) in [7, 11) is 0. The fourth-order valence-electron chi connectivity index (χ4n) is 3.90. The molecule has 0 unspecified atom stereocenters. The van der Waals surface area contributed by atoms with Crippen LogP contribution < -0.4 is 5.32 Å². The molecule has 29 heavy (non-hydrogen) atoms. The zero-order chi connectivity index (χ0) is 20.2. The van der Waals surface area contributed by atoms with Crippen molar-refractivity contribution >= 4 is 5.91 Å². The normalized spacial score (nSPS) is 15.4. The first-order chi connectivity index (χ1) is 14.1. The Bertz CT molecular complexity index is 974. The van der Waals surface area contributed by atoms with Crippen LogP contribution >= 0.6 is 0 Å². The Morgan fingerprint density at radius 3 is 2.59 bits per heavy atom. The Morgan fingerprint density at radius 2 is 1.86 bits per heavy atom. The van der Waals surface area contributed by atoms with Crippen LogP contribution in [-0.4, -0.2) is 44.7 Å². The number of para-hydroxylation sites is 1. The third-order valence-corrected chi connectivity index (χ3v) is 5.63. The van der Waals surface area contributed by atoms with Crippen molar-refractivity contribution in [3.05, 3.63) is 77.4 Å². The monoisotopic (exact) mass is 389 g/mol. The van der Waals surface area contributed by atoms with E-state index in [2.05, 4.69) is 39.4 Å². The quantitative estimate of drug-likeness (QED) is 0.727. The highest BCUT2D eigenvalue weighted by Crippen LogP contribution is 2.19. The SMILES string of the molecule is Cc1ccccc1-n1ncc(C(=O)NC2CCN(Cc3ccccn3)CC2)c1C. The summed E-state index contributed by atoms with van der Waals surface area (Å²) in [6, 6.07) is 14.3. The van der Waals surface area contributed by atoms with Gasteiger partial charge in [-0.3, -0.25) is 14.7 Å². The molecule has 1 amide bonds. The molecule has 3 aromatic rings. The minimum atomic E-state index is -0.0366. The van der Waals surface area contributed by atoms with Gasteiger partial charge in [-0.1, -0.05) is 24.3 Å². The maximum atomic E-state index is 12.8. The first-order valence-corrected chi connectivity index (χ1v) is 10.2. The molecule has 1 aromatic carbocycles. The Morgan fingerprint density at radius 1 is 1.10 bits per heavy atom. The molecule has 0 bridgehead atoms. The molecule has 2 aromatic heterocycles. The Labute approximate surface area is 171 Å². The van der Waals surface area contributed by atoms with Gasteiger partial charge in [0.05, 0.1) is 28.8 Å². The van der Waals surface area contributed by atoms with Gasteiger partial charge in [-0.25, -0.2) is 4.68 Å². The van der Waals surface area contributed by atoms with Crippen molar-refractivity contribution < 1.29 is 4.79 Å². The van der Waals surface area contributed by atoms with Crippen LogP contribution in [0, 0.1) is 13.8 Å². The van der Waals surface area contributed by atoms with Crippen molar-refractivity contribution in [2.75, 3.05) is 13.1 Å². The van der Waals surface area contributed by atoms with Gasteiger partial charge < -0.3 is 5.32 Å². The molecule has 6 heteroatoms. The van der Waals surface area contributed by atoms with Crippen molar-refractivity contribution in [1.29, 1.82) is 0 Å². The third-order valence-electron chi connectivity index (χ3n) is 5.63. The van der Waals surface area contributed by atoms with Gasteiger partial charge in [0.15, 0.2) is 0 Å². The van der Waals surface area contributed by atoms with Crippen LogP contribution in [0.2, 0.25) is 0 Å². The van der Waals surface area contributed by atoms with Crippen molar-refractivity contribution in [3.8, 4) is 5.69 Å². The van der Waals surface area contributed by atoms with E-state index in [0.717, 1.165) is 55.1 Å². The zero-order valence-corrected chi connectivity index (χ0v) is 17.0. The van der Waals surface area contributed by atoms with E-state index in [9.17, 15) is 4.79 Å². The number of piperidine rings is 1. The van der Waals surface area contributed by atoms with Crippen LogP contribution in [0.3, 0.4) is 0 Å². The molecule has 0 saturated carbocycles. The number of aromatic nitrogens is 3. The van der Waals surface area contributed by atoms with E-state index in [1.54, 1.807) is 6.20 Å². The number of aryl methyl sites for hydroxylation is 1. The molecule has 150 valence electrons. The molecule has 1 aliphatic rings. The number of likely N-dealkylation sites (tertiary alicyclic amines) is 1. The van der Waals surface area contributed by atoms with E-state index >= 15 is 0 Å². The van der Waals surface area contributed by atoms with Crippen LogP contribution in [0.5, 0.6) is 0 Å². The first-order valence-electron chi connectivity index (χ1n) is 10.2. The van der Waals surface area contributed by atoms with Crippen molar-refractivity contribution in [2.24, 2.45) is 0 Å². The van der Waals surface area contributed by atoms with Crippen molar-refractivity contribution in [2.45, 2.75) is 39.3 Å². The summed E-state index contributed by atoms with van der Waals surface area (Å²) in [5, 5.41) is 7.67. The molecule has 4 rings (SSSR count). The fraction of sp³-hybridized carbons (Fsp3) is 0.348. The summed E-state index contributed by atoms with van der Waals surface area (Å²) in [6.45, 7) is 6.79. The number of benzene rings is 1. The number of nitrogens with one attached hydrogen (secondary N) is 1. The second-order valence-electron chi connectivity index (χ2n) is 7.69. The van der Waals surface area contributed by atoms with Gasteiger partial charge in [-0.05, 0) is 50.5 Å². The van der Waals surface area contributed by atoms with E-state index in [4.69, 9.17) is 0 Å². The Hall–Kier alpha value is -2.99. The van der Waals surface area contributed by atoms with E-state index in [0.29, 0.717) is 5.56 Å². The lowest BCUT2D eigenvalue weighted by molar-refractivity contribution is 0.0908. The van der Waals surface area contributed by atoms with Crippen LogP contribution in [0.15, 0.2) is 54.9 Å². The molecule has 1 saturated heterocycles. The lowest BCUT2D eigenvalue weighted by atomic mass is 10.0. The lowest BCUT2D eigenvalue weighted by Crippen LogP contribution is -2.44. The summed E-state index contributed by atoms with van der Waals surface area (Å²) in [6.07, 6.45) is 5.40.